The van der Waals surface area contributed by atoms with Crippen LogP contribution >= 0.6 is 15.9 Å². The third-order valence-electron chi connectivity index (χ3n) is 7.29. The van der Waals surface area contributed by atoms with Crippen molar-refractivity contribution >= 4 is 50.0 Å². The van der Waals surface area contributed by atoms with Crippen LogP contribution in [0.25, 0.3) is 10.9 Å². The topological polar surface area (TPSA) is 147 Å². The van der Waals surface area contributed by atoms with E-state index in [-0.39, 0.29) is 39.3 Å². The lowest BCUT2D eigenvalue weighted by Crippen LogP contribution is -2.49. The molecule has 5 rings (SSSR count). The average Bonchev–Trinajstić information content (AvgIpc) is 2.94. The van der Waals surface area contributed by atoms with E-state index in [0.717, 1.165) is 18.9 Å². The molecule has 0 bridgehead atoms. The van der Waals surface area contributed by atoms with Crippen molar-refractivity contribution < 1.29 is 23.6 Å². The van der Waals surface area contributed by atoms with Crippen LogP contribution in [0.2, 0.25) is 0 Å². The van der Waals surface area contributed by atoms with Crippen LogP contribution in [0.3, 0.4) is 0 Å². The number of para-hydroxylation sites is 1. The number of hydrogen-bond donors (Lipinski definition) is 3. The van der Waals surface area contributed by atoms with Crippen molar-refractivity contribution in [2.24, 2.45) is 0 Å². The molecule has 2 aromatic carbocycles. The Morgan fingerprint density at radius 1 is 1.10 bits per heavy atom. The van der Waals surface area contributed by atoms with E-state index >= 15 is 0 Å². The van der Waals surface area contributed by atoms with Gasteiger partial charge in [-0.3, -0.25) is 24.5 Å². The fourth-order valence-corrected chi connectivity index (χ4v) is 5.78. The molecular formula is C27H27BrFN5O6. The van der Waals surface area contributed by atoms with Gasteiger partial charge in [-0.15, -0.1) is 0 Å². The fourth-order valence-electron chi connectivity index (χ4n) is 5.33. The maximum Gasteiger partial charge on any atom is 0.294 e. The second kappa shape index (κ2) is 11.7. The Kier molecular flexibility index (Phi) is 8.12. The third-order valence-corrected chi connectivity index (χ3v) is 7.75. The largest absolute Gasteiger partial charge is 0.378 e. The molecule has 2 fully saturated rings. The number of H-pyrrole nitrogens is 1. The first-order valence-corrected chi connectivity index (χ1v) is 13.8. The number of amides is 2. The molecular weight excluding hydrogens is 589 g/mol. The highest BCUT2D eigenvalue weighted by atomic mass is 79.9. The molecule has 1 saturated heterocycles. The lowest BCUT2D eigenvalue weighted by molar-refractivity contribution is -0.384. The zero-order valence-corrected chi connectivity index (χ0v) is 23.0. The van der Waals surface area contributed by atoms with Gasteiger partial charge in [-0.2, -0.15) is 0 Å². The molecule has 2 aliphatic rings. The minimum atomic E-state index is -0.651. The van der Waals surface area contributed by atoms with Crippen LogP contribution in [0.15, 0.2) is 45.7 Å². The number of nitrogens with zero attached hydrogens (tertiary/aromatic N) is 2. The van der Waals surface area contributed by atoms with Gasteiger partial charge in [-0.25, -0.2) is 4.39 Å². The van der Waals surface area contributed by atoms with Gasteiger partial charge in [0.25, 0.3) is 17.5 Å². The molecule has 0 spiro atoms. The Morgan fingerprint density at radius 2 is 1.82 bits per heavy atom. The number of morpholine rings is 1. The number of hydrogen-bond acceptors (Lipinski definition) is 7. The molecule has 2 atom stereocenters. The van der Waals surface area contributed by atoms with Gasteiger partial charge < -0.3 is 25.3 Å². The molecule has 0 unspecified atom stereocenters. The van der Waals surface area contributed by atoms with Crippen molar-refractivity contribution in [2.75, 3.05) is 31.6 Å². The van der Waals surface area contributed by atoms with Crippen molar-refractivity contribution in [1.29, 1.82) is 0 Å². The maximum atomic E-state index is 14.3. The summed E-state index contributed by atoms with van der Waals surface area (Å²) in [5.41, 5.74) is -0.680. The van der Waals surface area contributed by atoms with Gasteiger partial charge in [-0.1, -0.05) is 40.9 Å². The number of ether oxygens (including phenoxy) is 1. The summed E-state index contributed by atoms with van der Waals surface area (Å²) in [5.74, 6) is -1.57. The Balaban J connectivity index is 1.46. The monoisotopic (exact) mass is 615 g/mol. The summed E-state index contributed by atoms with van der Waals surface area (Å²) in [6.45, 7) is 1.49. The van der Waals surface area contributed by atoms with Crippen LogP contribution in [0.4, 0.5) is 15.8 Å². The minimum absolute atomic E-state index is 0.0281. The molecule has 3 N–H and O–H groups in total. The normalized spacial score (nSPS) is 19.3. The van der Waals surface area contributed by atoms with Gasteiger partial charge in [-0.05, 0) is 25.0 Å². The summed E-state index contributed by atoms with van der Waals surface area (Å²) in [6.07, 6.45) is 2.75. The summed E-state index contributed by atoms with van der Waals surface area (Å²) in [6, 6.07) is 7.30. The highest BCUT2D eigenvalue weighted by Crippen LogP contribution is 2.36. The third kappa shape index (κ3) is 5.70. The van der Waals surface area contributed by atoms with Crippen LogP contribution in [-0.2, 0) is 4.74 Å². The van der Waals surface area contributed by atoms with Gasteiger partial charge in [0.05, 0.1) is 34.8 Å². The molecule has 1 aromatic heterocycles. The Bertz CT molecular complexity index is 1540. The number of anilines is 1. The van der Waals surface area contributed by atoms with E-state index in [1.165, 1.54) is 18.2 Å². The van der Waals surface area contributed by atoms with Gasteiger partial charge in [0, 0.05) is 47.2 Å². The molecule has 11 nitrogen and oxygen atoms in total. The minimum Gasteiger partial charge on any atom is -0.378 e. The number of carbonyl (C=O) groups excluding carboxylic acids is 2. The summed E-state index contributed by atoms with van der Waals surface area (Å²) in [4.78, 5) is 54.6. The van der Waals surface area contributed by atoms with Crippen LogP contribution in [-0.4, -0.2) is 65.0 Å². The number of pyridine rings is 1. The predicted octanol–water partition coefficient (Wildman–Crippen LogP) is 3.96. The average molecular weight is 616 g/mol. The molecule has 3 aromatic rings. The number of nitrogens with one attached hydrogen (secondary N) is 3. The number of aromatic amines is 1. The van der Waals surface area contributed by atoms with Crippen molar-refractivity contribution in [2.45, 2.75) is 37.8 Å². The SMILES string of the molecule is O=C(N[C@H]1CCCC[C@H]1Nc1c(C(=O)N2CCOCC2)cc(Br)cc1[N+](=O)[O-])c1cc(=O)[nH]c2c(F)cccc12. The highest BCUT2D eigenvalue weighted by molar-refractivity contribution is 9.10. The molecule has 1 saturated carbocycles. The molecule has 1 aliphatic carbocycles. The number of nitro benzene ring substituents is 1. The summed E-state index contributed by atoms with van der Waals surface area (Å²) in [7, 11) is 0. The van der Waals surface area contributed by atoms with E-state index in [4.69, 9.17) is 4.74 Å². The van der Waals surface area contributed by atoms with Crippen molar-refractivity contribution in [3.05, 3.63) is 78.3 Å². The first kappa shape index (κ1) is 27.7. The van der Waals surface area contributed by atoms with E-state index in [1.54, 1.807) is 17.0 Å². The summed E-state index contributed by atoms with van der Waals surface area (Å²) in [5, 5.41) is 18.5. The summed E-state index contributed by atoms with van der Waals surface area (Å²) < 4.78 is 20.1. The molecule has 210 valence electrons. The number of benzene rings is 2. The lowest BCUT2D eigenvalue weighted by atomic mass is 9.89. The van der Waals surface area contributed by atoms with Gasteiger partial charge in [0.1, 0.15) is 11.5 Å². The summed E-state index contributed by atoms with van der Waals surface area (Å²) >= 11 is 3.29. The number of rotatable bonds is 6. The van der Waals surface area contributed by atoms with Crippen LogP contribution in [0.1, 0.15) is 46.4 Å². The van der Waals surface area contributed by atoms with E-state index < -0.39 is 34.3 Å². The predicted molar refractivity (Wildman–Crippen MR) is 149 cm³/mol. The van der Waals surface area contributed by atoms with Crippen molar-refractivity contribution in [3.63, 3.8) is 0 Å². The highest BCUT2D eigenvalue weighted by Gasteiger charge is 2.33. The van der Waals surface area contributed by atoms with E-state index in [0.29, 0.717) is 43.6 Å². The Morgan fingerprint density at radius 3 is 2.55 bits per heavy atom. The van der Waals surface area contributed by atoms with Gasteiger partial charge in [0.15, 0.2) is 0 Å². The van der Waals surface area contributed by atoms with Crippen LogP contribution in [0.5, 0.6) is 0 Å². The second-order valence-electron chi connectivity index (χ2n) is 9.83. The zero-order chi connectivity index (χ0) is 28.4. The zero-order valence-electron chi connectivity index (χ0n) is 21.4. The van der Waals surface area contributed by atoms with Crippen molar-refractivity contribution in [1.82, 2.24) is 15.2 Å². The number of nitro groups is 1. The van der Waals surface area contributed by atoms with Crippen molar-refractivity contribution in [3.8, 4) is 0 Å². The van der Waals surface area contributed by atoms with E-state index in [2.05, 4.69) is 31.5 Å². The lowest BCUT2D eigenvalue weighted by Gasteiger charge is -2.34. The molecule has 0 radical (unpaired) electrons. The number of carbonyl (C=O) groups is 2. The number of halogens is 2. The molecule has 2 amide bonds. The fraction of sp³-hybridized carbons (Fsp3) is 0.370. The Hall–Kier alpha value is -3.84. The standard InChI is InChI=1S/C27H27BrFN5O6/c28-15-12-18(27(37)33-8-10-40-11-9-33)25(22(13-15)34(38)39)30-20-6-1-2-7-21(20)31-26(36)17-14-23(35)32-24-16(17)4-3-5-19(24)29/h3-5,12-14,20-21,30H,1-2,6-11H2,(H,31,36)(H,32,35)/t20-,21+/m1/s1. The quantitative estimate of drug-likeness (QED) is 0.281. The number of aromatic nitrogens is 1. The maximum absolute atomic E-state index is 14.3. The van der Waals surface area contributed by atoms with Gasteiger partial charge in [0.2, 0.25) is 5.56 Å². The van der Waals surface area contributed by atoms with E-state index in [9.17, 15) is 28.9 Å². The smallest absolute Gasteiger partial charge is 0.294 e. The first-order valence-electron chi connectivity index (χ1n) is 13.0. The van der Waals surface area contributed by atoms with Crippen LogP contribution < -0.4 is 16.2 Å². The molecule has 2 heterocycles. The molecule has 13 heteroatoms. The number of fused-ring (bicyclic) bond motifs is 1. The Labute approximate surface area is 236 Å². The van der Waals surface area contributed by atoms with E-state index in [1.807, 2.05) is 0 Å². The van der Waals surface area contributed by atoms with Crippen LogP contribution in [0, 0.1) is 15.9 Å². The molecule has 1 aliphatic heterocycles. The first-order chi connectivity index (χ1) is 19.2. The molecule has 40 heavy (non-hydrogen) atoms. The van der Waals surface area contributed by atoms with Gasteiger partial charge >= 0.3 is 0 Å². The second-order valence-corrected chi connectivity index (χ2v) is 10.7.